The number of hydrogen-bond donors (Lipinski definition) is 0. The van der Waals surface area contributed by atoms with E-state index in [1.165, 1.54) is 31.4 Å². The Kier molecular flexibility index (Phi) is 4.32. The Hall–Kier alpha value is -0.700. The van der Waals surface area contributed by atoms with Gasteiger partial charge < -0.3 is 0 Å². The summed E-state index contributed by atoms with van der Waals surface area (Å²) in [6, 6.07) is 4.53. The predicted octanol–water partition coefficient (Wildman–Crippen LogP) is 4.28. The van der Waals surface area contributed by atoms with Crippen LogP contribution in [0.1, 0.15) is 37.7 Å². The molecule has 1 fully saturated rings. The molecule has 92 valence electrons. The van der Waals surface area contributed by atoms with Crippen LogP contribution in [-0.2, 0) is 11.2 Å². The van der Waals surface area contributed by atoms with Crippen LogP contribution in [0.4, 0.5) is 4.39 Å². The van der Waals surface area contributed by atoms with Gasteiger partial charge in [0.05, 0.1) is 0 Å². The number of halogens is 2. The van der Waals surface area contributed by atoms with Crippen molar-refractivity contribution in [3.63, 3.8) is 0 Å². The molecule has 0 bridgehead atoms. The summed E-state index contributed by atoms with van der Waals surface area (Å²) in [6.07, 6.45) is 6.06. The van der Waals surface area contributed by atoms with E-state index in [4.69, 9.17) is 0 Å². The van der Waals surface area contributed by atoms with E-state index in [1.54, 1.807) is 6.07 Å². The lowest BCUT2D eigenvalue weighted by Crippen LogP contribution is -2.19. The van der Waals surface area contributed by atoms with Gasteiger partial charge in [-0.3, -0.25) is 4.79 Å². The molecular weight excluding hydrogens is 283 g/mol. The number of Topliss-reactive ketones (excluding diaryl/α,β-unsaturated/α-hetero) is 1. The zero-order valence-electron chi connectivity index (χ0n) is 9.72. The van der Waals surface area contributed by atoms with Crippen LogP contribution in [0.2, 0.25) is 0 Å². The van der Waals surface area contributed by atoms with Crippen molar-refractivity contribution >= 4 is 21.7 Å². The van der Waals surface area contributed by atoms with Gasteiger partial charge in [0, 0.05) is 16.8 Å². The predicted molar refractivity (Wildman–Crippen MR) is 69.4 cm³/mol. The number of rotatable bonds is 3. The normalized spacial score (nSPS) is 17.1. The van der Waals surface area contributed by atoms with Gasteiger partial charge in [-0.25, -0.2) is 4.39 Å². The molecule has 0 aromatic heterocycles. The number of ketones is 1. The first-order valence-corrected chi connectivity index (χ1v) is 6.93. The van der Waals surface area contributed by atoms with E-state index >= 15 is 0 Å². The molecule has 2 rings (SSSR count). The van der Waals surface area contributed by atoms with Crippen LogP contribution in [0.25, 0.3) is 0 Å². The fourth-order valence-corrected chi connectivity index (χ4v) is 2.91. The average molecular weight is 299 g/mol. The summed E-state index contributed by atoms with van der Waals surface area (Å²) in [4.78, 5) is 12.1. The molecule has 0 heterocycles. The lowest BCUT2D eigenvalue weighted by Gasteiger charge is -2.20. The number of benzene rings is 1. The highest BCUT2D eigenvalue weighted by molar-refractivity contribution is 9.10. The van der Waals surface area contributed by atoms with Crippen molar-refractivity contribution in [2.75, 3.05) is 0 Å². The minimum absolute atomic E-state index is 0.223. The van der Waals surface area contributed by atoms with Gasteiger partial charge in [-0.1, -0.05) is 41.3 Å². The Morgan fingerprint density at radius 2 is 2.00 bits per heavy atom. The molecule has 1 nitrogen and oxygen atoms in total. The molecule has 0 amide bonds. The van der Waals surface area contributed by atoms with Gasteiger partial charge >= 0.3 is 0 Å². The summed E-state index contributed by atoms with van der Waals surface area (Å²) in [5.41, 5.74) is 0.891. The summed E-state index contributed by atoms with van der Waals surface area (Å²) in [5.74, 6) is 0.253. The van der Waals surface area contributed by atoms with E-state index in [9.17, 15) is 9.18 Å². The van der Waals surface area contributed by atoms with Crippen molar-refractivity contribution in [3.05, 3.63) is 34.1 Å². The molecule has 0 saturated heterocycles. The second-order valence-electron chi connectivity index (χ2n) is 4.71. The van der Waals surface area contributed by atoms with Gasteiger partial charge in [0.25, 0.3) is 0 Å². The zero-order valence-corrected chi connectivity index (χ0v) is 11.3. The third kappa shape index (κ3) is 3.38. The highest BCUT2D eigenvalue weighted by Crippen LogP contribution is 2.27. The molecule has 0 unspecified atom stereocenters. The van der Waals surface area contributed by atoms with E-state index in [0.717, 1.165) is 18.4 Å². The minimum Gasteiger partial charge on any atom is -0.299 e. The molecule has 1 aromatic rings. The van der Waals surface area contributed by atoms with E-state index in [1.807, 2.05) is 0 Å². The summed E-state index contributed by atoms with van der Waals surface area (Å²) < 4.78 is 13.6. The van der Waals surface area contributed by atoms with Crippen LogP contribution in [-0.4, -0.2) is 5.78 Å². The van der Waals surface area contributed by atoms with Crippen molar-refractivity contribution < 1.29 is 9.18 Å². The molecule has 3 heteroatoms. The second-order valence-corrected chi connectivity index (χ2v) is 5.57. The standard InChI is InChI=1S/C14H16BrFO/c15-13-9-12(16)7-6-11(13)8-14(17)10-4-2-1-3-5-10/h6-7,9-10H,1-5,8H2. The number of carbonyl (C=O) groups is 1. The minimum atomic E-state index is -0.272. The largest absolute Gasteiger partial charge is 0.299 e. The van der Waals surface area contributed by atoms with Crippen molar-refractivity contribution in [1.29, 1.82) is 0 Å². The fraction of sp³-hybridized carbons (Fsp3) is 0.500. The molecule has 0 atom stereocenters. The maximum Gasteiger partial charge on any atom is 0.140 e. The van der Waals surface area contributed by atoms with E-state index in [0.29, 0.717) is 16.7 Å². The molecule has 1 saturated carbocycles. The summed E-state index contributed by atoms with van der Waals surface area (Å²) in [5, 5.41) is 0. The zero-order chi connectivity index (χ0) is 12.3. The maximum absolute atomic E-state index is 12.9. The summed E-state index contributed by atoms with van der Waals surface area (Å²) >= 11 is 3.31. The quantitative estimate of drug-likeness (QED) is 0.814. The van der Waals surface area contributed by atoms with Crippen LogP contribution < -0.4 is 0 Å². The molecule has 1 aliphatic carbocycles. The Bertz CT molecular complexity index is 411. The highest BCUT2D eigenvalue weighted by atomic mass is 79.9. The van der Waals surface area contributed by atoms with Gasteiger partial charge in [-0.05, 0) is 30.5 Å². The maximum atomic E-state index is 12.9. The van der Waals surface area contributed by atoms with Crippen LogP contribution in [0.3, 0.4) is 0 Å². The Balaban J connectivity index is 2.02. The van der Waals surface area contributed by atoms with Gasteiger partial charge in [-0.15, -0.1) is 0 Å². The molecular formula is C14H16BrFO. The van der Waals surface area contributed by atoms with Crippen molar-refractivity contribution in [2.45, 2.75) is 38.5 Å². The lowest BCUT2D eigenvalue weighted by molar-refractivity contribution is -0.123. The fourth-order valence-electron chi connectivity index (χ4n) is 2.42. The lowest BCUT2D eigenvalue weighted by atomic mass is 9.84. The Morgan fingerprint density at radius 1 is 1.29 bits per heavy atom. The summed E-state index contributed by atoms with van der Waals surface area (Å²) in [7, 11) is 0. The summed E-state index contributed by atoms with van der Waals surface area (Å²) in [6.45, 7) is 0. The first kappa shape index (κ1) is 12.7. The third-order valence-electron chi connectivity index (χ3n) is 3.44. The van der Waals surface area contributed by atoms with Crippen LogP contribution in [0, 0.1) is 11.7 Å². The number of carbonyl (C=O) groups excluding carboxylic acids is 1. The first-order valence-electron chi connectivity index (χ1n) is 6.13. The van der Waals surface area contributed by atoms with Crippen LogP contribution >= 0.6 is 15.9 Å². The van der Waals surface area contributed by atoms with E-state index in [-0.39, 0.29) is 11.7 Å². The Labute approximate surface area is 110 Å². The Morgan fingerprint density at radius 3 is 2.65 bits per heavy atom. The second kappa shape index (κ2) is 5.76. The SMILES string of the molecule is O=C(Cc1ccc(F)cc1Br)C1CCCCC1. The highest BCUT2D eigenvalue weighted by Gasteiger charge is 2.21. The van der Waals surface area contributed by atoms with Crippen LogP contribution in [0.15, 0.2) is 22.7 Å². The van der Waals surface area contributed by atoms with E-state index in [2.05, 4.69) is 15.9 Å². The molecule has 0 N–H and O–H groups in total. The van der Waals surface area contributed by atoms with Crippen molar-refractivity contribution in [2.24, 2.45) is 5.92 Å². The van der Waals surface area contributed by atoms with Gasteiger partial charge in [0.1, 0.15) is 11.6 Å². The van der Waals surface area contributed by atoms with E-state index < -0.39 is 0 Å². The van der Waals surface area contributed by atoms with Crippen molar-refractivity contribution in [3.8, 4) is 0 Å². The van der Waals surface area contributed by atoms with Crippen molar-refractivity contribution in [1.82, 2.24) is 0 Å². The molecule has 17 heavy (non-hydrogen) atoms. The molecule has 0 spiro atoms. The molecule has 0 radical (unpaired) electrons. The van der Waals surface area contributed by atoms with Gasteiger partial charge in [0.2, 0.25) is 0 Å². The van der Waals surface area contributed by atoms with Crippen LogP contribution in [0.5, 0.6) is 0 Å². The topological polar surface area (TPSA) is 17.1 Å². The molecule has 1 aliphatic rings. The first-order chi connectivity index (χ1) is 8.16. The van der Waals surface area contributed by atoms with Gasteiger partial charge in [0.15, 0.2) is 0 Å². The molecule has 1 aromatic carbocycles. The average Bonchev–Trinajstić information content (AvgIpc) is 2.34. The van der Waals surface area contributed by atoms with Gasteiger partial charge in [-0.2, -0.15) is 0 Å². The smallest absolute Gasteiger partial charge is 0.140 e. The number of hydrogen-bond acceptors (Lipinski definition) is 1. The molecule has 0 aliphatic heterocycles. The monoisotopic (exact) mass is 298 g/mol. The third-order valence-corrected chi connectivity index (χ3v) is 4.18.